The number of hydrogen-bond acceptors (Lipinski definition) is 4. The van der Waals surface area contributed by atoms with E-state index in [9.17, 15) is 4.79 Å². The molecule has 6 heteroatoms. The second kappa shape index (κ2) is 7.33. The number of ether oxygens (including phenoxy) is 1. The summed E-state index contributed by atoms with van der Waals surface area (Å²) < 4.78 is 5.33. The van der Waals surface area contributed by atoms with Crippen molar-refractivity contribution in [2.24, 2.45) is 0 Å². The Kier molecular flexibility index (Phi) is 5.46. The van der Waals surface area contributed by atoms with E-state index < -0.39 is 0 Å². The first-order chi connectivity index (χ1) is 9.63. The monoisotopic (exact) mass is 293 g/mol. The van der Waals surface area contributed by atoms with Gasteiger partial charge in [-0.3, -0.25) is 9.69 Å². The van der Waals surface area contributed by atoms with Crippen LogP contribution in [-0.4, -0.2) is 42.2 Å². The van der Waals surface area contributed by atoms with Crippen LogP contribution < -0.4 is 10.6 Å². The fourth-order valence-corrected chi connectivity index (χ4v) is 2.29. The number of anilines is 1. The van der Waals surface area contributed by atoms with Gasteiger partial charge in [-0.15, -0.1) is 0 Å². The first-order valence-corrected chi connectivity index (χ1v) is 7.02. The number of nitrogens with one attached hydrogen (secondary N) is 2. The molecule has 1 heterocycles. The molecular weight excluding hydrogens is 274 g/mol. The fraction of sp³-hybridized carbons (Fsp3) is 0.429. The number of carbonyl (C=O) groups is 1. The predicted molar refractivity (Wildman–Crippen MR) is 82.6 cm³/mol. The van der Waals surface area contributed by atoms with Gasteiger partial charge in [0, 0.05) is 32.2 Å². The van der Waals surface area contributed by atoms with Crippen molar-refractivity contribution in [2.45, 2.75) is 13.5 Å². The highest BCUT2D eigenvalue weighted by Gasteiger charge is 2.10. The van der Waals surface area contributed by atoms with Crippen LogP contribution >= 0.6 is 12.2 Å². The van der Waals surface area contributed by atoms with Crippen molar-refractivity contribution in [1.82, 2.24) is 10.2 Å². The maximum atomic E-state index is 10.9. The quantitative estimate of drug-likeness (QED) is 0.824. The summed E-state index contributed by atoms with van der Waals surface area (Å²) in [5, 5.41) is 5.82. The zero-order valence-corrected chi connectivity index (χ0v) is 12.3. The largest absolute Gasteiger partial charge is 0.379 e. The lowest BCUT2D eigenvalue weighted by atomic mass is 10.2. The van der Waals surface area contributed by atoms with Gasteiger partial charge in [-0.25, -0.2) is 0 Å². The van der Waals surface area contributed by atoms with Crippen LogP contribution in [0.4, 0.5) is 5.69 Å². The van der Waals surface area contributed by atoms with Gasteiger partial charge in [0.15, 0.2) is 5.11 Å². The van der Waals surface area contributed by atoms with Gasteiger partial charge in [-0.2, -0.15) is 0 Å². The van der Waals surface area contributed by atoms with Crippen molar-refractivity contribution in [2.75, 3.05) is 31.6 Å². The highest BCUT2D eigenvalue weighted by Crippen LogP contribution is 2.12. The Hall–Kier alpha value is -1.50. The molecule has 0 atom stereocenters. The zero-order chi connectivity index (χ0) is 14.4. The summed E-state index contributed by atoms with van der Waals surface area (Å²) in [5.41, 5.74) is 2.12. The minimum absolute atomic E-state index is 0.175. The lowest BCUT2D eigenvalue weighted by Gasteiger charge is -2.26. The SMILES string of the molecule is CC(=O)NC(=S)Nc1ccc(CN2CCOCC2)cc1. The second-order valence-electron chi connectivity index (χ2n) is 4.72. The first-order valence-electron chi connectivity index (χ1n) is 6.61. The summed E-state index contributed by atoms with van der Waals surface area (Å²) in [6, 6.07) is 8.05. The summed E-state index contributed by atoms with van der Waals surface area (Å²) in [7, 11) is 0. The van der Waals surface area contributed by atoms with Gasteiger partial charge in [-0.1, -0.05) is 12.1 Å². The molecule has 0 aromatic heterocycles. The van der Waals surface area contributed by atoms with E-state index in [4.69, 9.17) is 17.0 Å². The third-order valence-corrected chi connectivity index (χ3v) is 3.22. The van der Waals surface area contributed by atoms with Crippen molar-refractivity contribution in [3.05, 3.63) is 29.8 Å². The highest BCUT2D eigenvalue weighted by atomic mass is 32.1. The van der Waals surface area contributed by atoms with E-state index in [1.165, 1.54) is 12.5 Å². The number of carbonyl (C=O) groups excluding carboxylic acids is 1. The Balaban J connectivity index is 1.85. The van der Waals surface area contributed by atoms with E-state index in [0.29, 0.717) is 5.11 Å². The molecule has 0 spiro atoms. The van der Waals surface area contributed by atoms with Crippen LogP contribution in [0.5, 0.6) is 0 Å². The predicted octanol–water partition coefficient (Wildman–Crippen LogP) is 1.35. The maximum Gasteiger partial charge on any atom is 0.222 e. The van der Waals surface area contributed by atoms with Crippen LogP contribution in [0.25, 0.3) is 0 Å². The van der Waals surface area contributed by atoms with Gasteiger partial charge in [0.1, 0.15) is 0 Å². The molecule has 1 aliphatic rings. The molecule has 20 heavy (non-hydrogen) atoms. The summed E-state index contributed by atoms with van der Waals surface area (Å²) in [6.45, 7) is 5.94. The number of nitrogens with zero attached hydrogens (tertiary/aromatic N) is 1. The summed E-state index contributed by atoms with van der Waals surface area (Å²) in [6.07, 6.45) is 0. The number of benzene rings is 1. The Morgan fingerprint density at radius 1 is 1.30 bits per heavy atom. The number of morpholine rings is 1. The lowest BCUT2D eigenvalue weighted by Crippen LogP contribution is -2.35. The molecule has 2 rings (SSSR count). The first kappa shape index (κ1) is 14.9. The van der Waals surface area contributed by atoms with Crippen LogP contribution in [0.15, 0.2) is 24.3 Å². The molecule has 1 aliphatic heterocycles. The molecule has 5 nitrogen and oxygen atoms in total. The molecule has 2 N–H and O–H groups in total. The third kappa shape index (κ3) is 4.88. The van der Waals surface area contributed by atoms with Crippen LogP contribution in [0, 0.1) is 0 Å². The van der Waals surface area contributed by atoms with Crippen LogP contribution in [-0.2, 0) is 16.1 Å². The topological polar surface area (TPSA) is 53.6 Å². The average molecular weight is 293 g/mol. The summed E-state index contributed by atoms with van der Waals surface area (Å²) >= 11 is 5.01. The van der Waals surface area contributed by atoms with Crippen molar-refractivity contribution in [3.63, 3.8) is 0 Å². The third-order valence-electron chi connectivity index (χ3n) is 3.01. The molecule has 0 saturated carbocycles. The van der Waals surface area contributed by atoms with Crippen molar-refractivity contribution < 1.29 is 9.53 Å². The van der Waals surface area contributed by atoms with E-state index in [0.717, 1.165) is 38.5 Å². The van der Waals surface area contributed by atoms with Gasteiger partial charge in [0.2, 0.25) is 5.91 Å². The molecule has 1 amide bonds. The smallest absolute Gasteiger partial charge is 0.222 e. The molecule has 1 fully saturated rings. The van der Waals surface area contributed by atoms with Crippen LogP contribution in [0.2, 0.25) is 0 Å². The van der Waals surface area contributed by atoms with Crippen LogP contribution in [0.3, 0.4) is 0 Å². The van der Waals surface area contributed by atoms with Gasteiger partial charge in [0.25, 0.3) is 0 Å². The van der Waals surface area contributed by atoms with Crippen molar-refractivity contribution in [3.8, 4) is 0 Å². The lowest BCUT2D eigenvalue weighted by molar-refractivity contribution is -0.117. The molecule has 1 saturated heterocycles. The Morgan fingerprint density at radius 3 is 2.55 bits per heavy atom. The van der Waals surface area contributed by atoms with Gasteiger partial charge in [-0.05, 0) is 29.9 Å². The number of rotatable bonds is 3. The number of amides is 1. The fourth-order valence-electron chi connectivity index (χ4n) is 2.03. The highest BCUT2D eigenvalue weighted by molar-refractivity contribution is 7.80. The number of thiocarbonyl (C=S) groups is 1. The van der Waals surface area contributed by atoms with E-state index in [1.54, 1.807) is 0 Å². The molecule has 1 aromatic rings. The average Bonchev–Trinajstić information content (AvgIpc) is 2.41. The molecule has 0 radical (unpaired) electrons. The molecule has 108 valence electrons. The van der Waals surface area contributed by atoms with Gasteiger partial charge >= 0.3 is 0 Å². The Morgan fingerprint density at radius 2 is 1.95 bits per heavy atom. The maximum absolute atomic E-state index is 10.9. The summed E-state index contributed by atoms with van der Waals surface area (Å²) in [4.78, 5) is 13.2. The van der Waals surface area contributed by atoms with Crippen molar-refractivity contribution in [1.29, 1.82) is 0 Å². The van der Waals surface area contributed by atoms with E-state index >= 15 is 0 Å². The van der Waals surface area contributed by atoms with E-state index in [2.05, 4.69) is 27.7 Å². The normalized spacial score (nSPS) is 15.7. The molecule has 0 bridgehead atoms. The van der Waals surface area contributed by atoms with Gasteiger partial charge in [0.05, 0.1) is 13.2 Å². The zero-order valence-electron chi connectivity index (χ0n) is 11.5. The number of hydrogen-bond donors (Lipinski definition) is 2. The molecular formula is C14H19N3O2S. The van der Waals surface area contributed by atoms with E-state index in [1.807, 2.05) is 12.1 Å². The second-order valence-corrected chi connectivity index (χ2v) is 5.13. The molecule has 0 unspecified atom stereocenters. The molecule has 1 aromatic carbocycles. The van der Waals surface area contributed by atoms with Crippen LogP contribution in [0.1, 0.15) is 12.5 Å². The Labute approximate surface area is 124 Å². The Bertz CT molecular complexity index is 470. The van der Waals surface area contributed by atoms with Gasteiger partial charge < -0.3 is 15.4 Å². The summed E-state index contributed by atoms with van der Waals surface area (Å²) in [5.74, 6) is -0.175. The standard InChI is InChI=1S/C14H19N3O2S/c1-11(18)15-14(20)16-13-4-2-12(3-5-13)10-17-6-8-19-9-7-17/h2-5H,6-10H2,1H3,(H2,15,16,18,20). The minimum atomic E-state index is -0.175. The van der Waals surface area contributed by atoms with Crippen molar-refractivity contribution >= 4 is 28.9 Å². The van der Waals surface area contributed by atoms with E-state index in [-0.39, 0.29) is 5.91 Å². The molecule has 0 aliphatic carbocycles. The minimum Gasteiger partial charge on any atom is -0.379 e.